The topological polar surface area (TPSA) is 58.6 Å². The standard InChI is InChI=1S/C13H19N.C9H15NO3/c1-14(12-8-4-2-5-9-12)13-10-6-3-7-11-13;1-13-8(12)9(4-7-11)2-5-10-6-3-9/h2,4-5,8-9,13H,3,6-7,10-11H2,1H3;7,10H,2-6H2,1H3. The molecule has 1 aromatic carbocycles. The van der Waals surface area contributed by atoms with E-state index in [1.54, 1.807) is 0 Å². The van der Waals surface area contributed by atoms with Crippen molar-refractivity contribution in [3.63, 3.8) is 0 Å². The average molecular weight is 375 g/mol. The molecule has 5 heteroatoms. The predicted molar refractivity (Wildman–Crippen MR) is 109 cm³/mol. The molecule has 5 nitrogen and oxygen atoms in total. The van der Waals surface area contributed by atoms with Crippen LogP contribution in [0.1, 0.15) is 51.4 Å². The van der Waals surface area contributed by atoms with Crippen molar-refractivity contribution in [1.82, 2.24) is 5.32 Å². The SMILES string of the molecule is CN(c1ccccc1)C1CCCCC1.COC(=O)C1(CC=O)CCNCC1. The first-order valence-electron chi connectivity index (χ1n) is 10.1. The van der Waals surface area contributed by atoms with Gasteiger partial charge in [0.2, 0.25) is 0 Å². The number of esters is 1. The number of rotatable bonds is 5. The third kappa shape index (κ3) is 6.06. The van der Waals surface area contributed by atoms with Gasteiger partial charge in [-0.1, -0.05) is 37.5 Å². The van der Waals surface area contributed by atoms with Crippen molar-refractivity contribution in [3.05, 3.63) is 30.3 Å². The van der Waals surface area contributed by atoms with Crippen LogP contribution in [0.15, 0.2) is 30.3 Å². The van der Waals surface area contributed by atoms with Crippen LogP contribution in [0, 0.1) is 5.41 Å². The highest BCUT2D eigenvalue weighted by Gasteiger charge is 2.40. The first-order chi connectivity index (χ1) is 13.1. The zero-order valence-corrected chi connectivity index (χ0v) is 16.8. The fourth-order valence-electron chi connectivity index (χ4n) is 4.12. The Morgan fingerprint density at radius 2 is 1.81 bits per heavy atom. The third-order valence-electron chi connectivity index (χ3n) is 5.94. The number of para-hydroxylation sites is 1. The minimum atomic E-state index is -0.554. The Hall–Kier alpha value is -1.88. The van der Waals surface area contributed by atoms with Gasteiger partial charge in [0.25, 0.3) is 0 Å². The maximum atomic E-state index is 11.5. The zero-order valence-electron chi connectivity index (χ0n) is 16.8. The molecule has 0 unspecified atom stereocenters. The number of methoxy groups -OCH3 is 1. The highest BCUT2D eigenvalue weighted by molar-refractivity contribution is 5.80. The predicted octanol–water partition coefficient (Wildman–Crippen LogP) is 3.57. The van der Waals surface area contributed by atoms with Crippen LogP contribution in [0.25, 0.3) is 0 Å². The van der Waals surface area contributed by atoms with Crippen molar-refractivity contribution >= 4 is 17.9 Å². The van der Waals surface area contributed by atoms with Crippen molar-refractivity contribution < 1.29 is 14.3 Å². The number of ether oxygens (including phenoxy) is 1. The van der Waals surface area contributed by atoms with Gasteiger partial charge in [-0.3, -0.25) is 4.79 Å². The molecule has 1 heterocycles. The van der Waals surface area contributed by atoms with Gasteiger partial charge in [-0.05, 0) is 50.9 Å². The lowest BCUT2D eigenvalue weighted by Gasteiger charge is -2.33. The third-order valence-corrected chi connectivity index (χ3v) is 5.94. The van der Waals surface area contributed by atoms with Gasteiger partial charge < -0.3 is 19.7 Å². The second-order valence-corrected chi connectivity index (χ2v) is 7.63. The Balaban J connectivity index is 0.000000194. The second kappa shape index (κ2) is 11.1. The molecule has 2 aliphatic rings. The van der Waals surface area contributed by atoms with Crippen LogP contribution in [-0.2, 0) is 14.3 Å². The first kappa shape index (κ1) is 21.4. The number of hydrogen-bond donors (Lipinski definition) is 1. The molecule has 1 saturated heterocycles. The van der Waals surface area contributed by atoms with Gasteiger partial charge in [0.1, 0.15) is 6.29 Å². The number of hydrogen-bond acceptors (Lipinski definition) is 5. The Morgan fingerprint density at radius 1 is 1.19 bits per heavy atom. The summed E-state index contributed by atoms with van der Waals surface area (Å²) in [6, 6.07) is 11.5. The fraction of sp³-hybridized carbons (Fsp3) is 0.636. The van der Waals surface area contributed by atoms with E-state index in [9.17, 15) is 9.59 Å². The number of carbonyl (C=O) groups excluding carboxylic acids is 2. The molecule has 0 atom stereocenters. The summed E-state index contributed by atoms with van der Waals surface area (Å²) in [4.78, 5) is 24.4. The molecule has 0 amide bonds. The number of anilines is 1. The van der Waals surface area contributed by atoms with Crippen molar-refractivity contribution in [2.75, 3.05) is 32.1 Å². The number of aldehydes is 1. The van der Waals surface area contributed by atoms with E-state index in [1.807, 2.05) is 0 Å². The Morgan fingerprint density at radius 3 is 2.37 bits per heavy atom. The van der Waals surface area contributed by atoms with Gasteiger partial charge in [0.05, 0.1) is 12.5 Å². The minimum Gasteiger partial charge on any atom is -0.469 e. The van der Waals surface area contributed by atoms with Crippen LogP contribution in [0.2, 0.25) is 0 Å². The molecule has 2 fully saturated rings. The summed E-state index contributed by atoms with van der Waals surface area (Å²) in [5.41, 5.74) is 0.807. The molecule has 1 aliphatic carbocycles. The Labute approximate surface area is 163 Å². The van der Waals surface area contributed by atoms with Gasteiger partial charge in [0.15, 0.2) is 0 Å². The lowest BCUT2D eigenvalue weighted by molar-refractivity contribution is -0.155. The summed E-state index contributed by atoms with van der Waals surface area (Å²) in [6.07, 6.45) is 9.44. The quantitative estimate of drug-likeness (QED) is 0.631. The van der Waals surface area contributed by atoms with E-state index >= 15 is 0 Å². The molecule has 0 bridgehead atoms. The van der Waals surface area contributed by atoms with Crippen LogP contribution in [0.3, 0.4) is 0 Å². The fourth-order valence-corrected chi connectivity index (χ4v) is 4.12. The average Bonchev–Trinajstić information content (AvgIpc) is 2.75. The number of benzene rings is 1. The van der Waals surface area contributed by atoms with Crippen molar-refractivity contribution in [2.24, 2.45) is 5.41 Å². The molecular formula is C22H34N2O3. The Bertz CT molecular complexity index is 564. The number of nitrogens with zero attached hydrogens (tertiary/aromatic N) is 1. The van der Waals surface area contributed by atoms with E-state index in [2.05, 4.69) is 47.6 Å². The minimum absolute atomic E-state index is 0.249. The second-order valence-electron chi connectivity index (χ2n) is 7.63. The lowest BCUT2D eigenvalue weighted by atomic mass is 9.76. The van der Waals surface area contributed by atoms with Crippen LogP contribution in [0.5, 0.6) is 0 Å². The number of nitrogens with one attached hydrogen (secondary N) is 1. The summed E-state index contributed by atoms with van der Waals surface area (Å²) < 4.78 is 4.72. The summed E-state index contributed by atoms with van der Waals surface area (Å²) in [5, 5.41) is 3.15. The Kier molecular flexibility index (Phi) is 8.79. The van der Waals surface area contributed by atoms with Crippen LogP contribution >= 0.6 is 0 Å². The van der Waals surface area contributed by atoms with E-state index in [1.165, 1.54) is 44.9 Å². The van der Waals surface area contributed by atoms with Gasteiger partial charge >= 0.3 is 5.97 Å². The van der Waals surface area contributed by atoms with E-state index < -0.39 is 5.41 Å². The molecule has 3 rings (SSSR count). The summed E-state index contributed by atoms with van der Waals surface area (Å²) >= 11 is 0. The van der Waals surface area contributed by atoms with Gasteiger partial charge in [0, 0.05) is 25.2 Å². The molecule has 1 saturated carbocycles. The number of piperidine rings is 1. The van der Waals surface area contributed by atoms with Crippen molar-refractivity contribution in [3.8, 4) is 0 Å². The molecule has 1 N–H and O–H groups in total. The molecule has 27 heavy (non-hydrogen) atoms. The molecule has 150 valence electrons. The maximum Gasteiger partial charge on any atom is 0.312 e. The largest absolute Gasteiger partial charge is 0.469 e. The highest BCUT2D eigenvalue weighted by atomic mass is 16.5. The highest BCUT2D eigenvalue weighted by Crippen LogP contribution is 2.33. The molecule has 0 radical (unpaired) electrons. The van der Waals surface area contributed by atoms with E-state index in [0.717, 1.165) is 25.4 Å². The monoisotopic (exact) mass is 374 g/mol. The summed E-state index contributed by atoms with van der Waals surface area (Å²) in [5.74, 6) is -0.249. The van der Waals surface area contributed by atoms with Gasteiger partial charge in [-0.15, -0.1) is 0 Å². The van der Waals surface area contributed by atoms with Crippen LogP contribution in [0.4, 0.5) is 5.69 Å². The van der Waals surface area contributed by atoms with Crippen LogP contribution < -0.4 is 10.2 Å². The normalized spacial score (nSPS) is 19.3. The summed E-state index contributed by atoms with van der Waals surface area (Å²) in [6.45, 7) is 1.56. The van der Waals surface area contributed by atoms with Crippen molar-refractivity contribution in [2.45, 2.75) is 57.4 Å². The van der Waals surface area contributed by atoms with Crippen LogP contribution in [-0.4, -0.2) is 45.5 Å². The smallest absolute Gasteiger partial charge is 0.312 e. The zero-order chi connectivity index (χ0) is 19.5. The van der Waals surface area contributed by atoms with E-state index in [0.29, 0.717) is 12.8 Å². The van der Waals surface area contributed by atoms with E-state index in [-0.39, 0.29) is 12.4 Å². The van der Waals surface area contributed by atoms with Crippen molar-refractivity contribution in [1.29, 1.82) is 0 Å². The molecule has 0 aromatic heterocycles. The van der Waals surface area contributed by atoms with E-state index in [4.69, 9.17) is 4.74 Å². The molecule has 1 aliphatic heterocycles. The number of carbonyl (C=O) groups is 2. The molecule has 1 aromatic rings. The lowest BCUT2D eigenvalue weighted by Crippen LogP contribution is -2.43. The molecular weight excluding hydrogens is 340 g/mol. The summed E-state index contributed by atoms with van der Waals surface area (Å²) in [7, 11) is 3.60. The molecule has 0 spiro atoms. The maximum absolute atomic E-state index is 11.5. The first-order valence-corrected chi connectivity index (χ1v) is 10.1. The van der Waals surface area contributed by atoms with Gasteiger partial charge in [-0.25, -0.2) is 0 Å². The van der Waals surface area contributed by atoms with Gasteiger partial charge in [-0.2, -0.15) is 0 Å².